The molecule has 1 aromatic carbocycles. The van der Waals surface area contributed by atoms with Gasteiger partial charge in [0.05, 0.1) is 52.4 Å². The average Bonchev–Trinajstić information content (AvgIpc) is 2.95. The second-order valence-corrected chi connectivity index (χ2v) is 8.40. The lowest BCUT2D eigenvalue weighted by Crippen LogP contribution is -3.12. The first kappa shape index (κ1) is 20.6. The maximum absolute atomic E-state index is 12.8. The van der Waals surface area contributed by atoms with E-state index in [0.29, 0.717) is 33.8 Å². The van der Waals surface area contributed by atoms with Gasteiger partial charge in [-0.25, -0.2) is 0 Å². The third-order valence-electron chi connectivity index (χ3n) is 4.84. The fraction of sp³-hybridized carbons (Fsp3) is 0.421. The maximum Gasteiger partial charge on any atom is 0.266 e. The molecule has 0 unspecified atom stereocenters. The molecule has 2 fully saturated rings. The van der Waals surface area contributed by atoms with Gasteiger partial charge in [-0.3, -0.25) is 14.5 Å². The van der Waals surface area contributed by atoms with Gasteiger partial charge in [0.15, 0.2) is 11.5 Å². The molecule has 150 valence electrons. The van der Waals surface area contributed by atoms with Gasteiger partial charge in [-0.05, 0) is 23.8 Å². The summed E-state index contributed by atoms with van der Waals surface area (Å²) >= 11 is 6.56. The van der Waals surface area contributed by atoms with Crippen molar-refractivity contribution >= 4 is 46.2 Å². The van der Waals surface area contributed by atoms with E-state index in [0.717, 1.165) is 18.7 Å². The lowest BCUT2D eigenvalue weighted by molar-refractivity contribution is -0.883. The van der Waals surface area contributed by atoms with E-state index in [1.807, 2.05) is 11.0 Å². The van der Waals surface area contributed by atoms with Crippen LogP contribution in [-0.4, -0.2) is 79.9 Å². The molecule has 3 rings (SSSR count). The molecule has 2 saturated heterocycles. The fourth-order valence-corrected chi connectivity index (χ4v) is 4.36. The topological polar surface area (TPSA) is 63.5 Å². The van der Waals surface area contributed by atoms with Gasteiger partial charge >= 0.3 is 0 Å². The minimum Gasteiger partial charge on any atom is -0.493 e. The molecule has 0 aliphatic carbocycles. The Morgan fingerprint density at radius 3 is 2.57 bits per heavy atom. The number of thiocarbonyl (C=S) groups is 1. The second kappa shape index (κ2) is 8.93. The zero-order valence-corrected chi connectivity index (χ0v) is 17.8. The molecule has 0 saturated carbocycles. The predicted molar refractivity (Wildman–Crippen MR) is 113 cm³/mol. The number of piperazine rings is 1. The van der Waals surface area contributed by atoms with Crippen LogP contribution in [0.25, 0.3) is 6.08 Å². The predicted octanol–water partition coefficient (Wildman–Crippen LogP) is 0.262. The summed E-state index contributed by atoms with van der Waals surface area (Å²) in [6.45, 7) is 3.25. The van der Waals surface area contributed by atoms with E-state index in [1.165, 1.54) is 21.6 Å². The first-order chi connectivity index (χ1) is 13.4. The Morgan fingerprint density at radius 1 is 1.25 bits per heavy atom. The van der Waals surface area contributed by atoms with Crippen LogP contribution in [0.4, 0.5) is 0 Å². The van der Waals surface area contributed by atoms with Crippen molar-refractivity contribution < 1.29 is 24.0 Å². The van der Waals surface area contributed by atoms with E-state index >= 15 is 0 Å². The van der Waals surface area contributed by atoms with Crippen LogP contribution in [-0.2, 0) is 9.59 Å². The molecule has 7 nitrogen and oxygen atoms in total. The number of rotatable bonds is 5. The van der Waals surface area contributed by atoms with Gasteiger partial charge in [0, 0.05) is 0 Å². The Morgan fingerprint density at radius 2 is 1.93 bits per heavy atom. The van der Waals surface area contributed by atoms with Crippen LogP contribution >= 0.6 is 24.0 Å². The lowest BCUT2D eigenvalue weighted by Gasteiger charge is -2.31. The Labute approximate surface area is 174 Å². The molecule has 2 aliphatic heterocycles. The highest BCUT2D eigenvalue weighted by atomic mass is 32.2. The second-order valence-electron chi connectivity index (χ2n) is 6.72. The van der Waals surface area contributed by atoms with Crippen LogP contribution in [0.3, 0.4) is 0 Å². The van der Waals surface area contributed by atoms with Gasteiger partial charge in [-0.1, -0.05) is 30.0 Å². The number of carbonyl (C=O) groups is 2. The van der Waals surface area contributed by atoms with Crippen molar-refractivity contribution in [1.29, 1.82) is 0 Å². The van der Waals surface area contributed by atoms with E-state index < -0.39 is 0 Å². The summed E-state index contributed by atoms with van der Waals surface area (Å²) in [5.41, 5.74) is 0.798. The van der Waals surface area contributed by atoms with Crippen molar-refractivity contribution in [1.82, 2.24) is 9.80 Å². The third kappa shape index (κ3) is 4.48. The van der Waals surface area contributed by atoms with Gasteiger partial charge in [0.2, 0.25) is 5.91 Å². The van der Waals surface area contributed by atoms with E-state index in [4.69, 9.17) is 21.7 Å². The van der Waals surface area contributed by atoms with Crippen LogP contribution < -0.4 is 14.4 Å². The zero-order valence-electron chi connectivity index (χ0n) is 16.2. The standard InChI is InChI=1S/C19H23N3O4S2/c1-20-6-8-21(9-7-20)17(23)12-22-18(24)16(28-19(22)27)11-13-4-5-14(25-2)15(10-13)26-3/h4-5,10-11H,6-9,12H2,1-3H3/p+1/b16-11-. The average molecular weight is 423 g/mol. The molecule has 1 N–H and O–H groups in total. The molecule has 0 radical (unpaired) electrons. The summed E-state index contributed by atoms with van der Waals surface area (Å²) in [5, 5.41) is 0. The number of ether oxygens (including phenoxy) is 2. The minimum atomic E-state index is -0.238. The molecule has 2 amide bonds. The van der Waals surface area contributed by atoms with Crippen molar-refractivity contribution in [3.05, 3.63) is 28.7 Å². The van der Waals surface area contributed by atoms with Crippen molar-refractivity contribution in [2.24, 2.45) is 0 Å². The van der Waals surface area contributed by atoms with E-state index in [2.05, 4.69) is 7.05 Å². The van der Waals surface area contributed by atoms with Crippen molar-refractivity contribution in [3.63, 3.8) is 0 Å². The quantitative estimate of drug-likeness (QED) is 0.543. The Bertz CT molecular complexity index is 819. The lowest BCUT2D eigenvalue weighted by atomic mass is 10.2. The van der Waals surface area contributed by atoms with Crippen LogP contribution in [0.15, 0.2) is 23.1 Å². The summed E-state index contributed by atoms with van der Waals surface area (Å²) in [5.74, 6) is 0.903. The van der Waals surface area contributed by atoms with Crippen molar-refractivity contribution in [2.75, 3.05) is 54.0 Å². The van der Waals surface area contributed by atoms with Crippen LogP contribution in [0, 0.1) is 0 Å². The highest BCUT2D eigenvalue weighted by Gasteiger charge is 2.35. The Kier molecular flexibility index (Phi) is 6.58. The Balaban J connectivity index is 1.71. The number of likely N-dealkylation sites (N-methyl/N-ethyl adjacent to an activating group) is 1. The summed E-state index contributed by atoms with van der Waals surface area (Å²) in [6.07, 6.45) is 1.75. The normalized spacial score (nSPS) is 19.5. The minimum absolute atomic E-state index is 0.00696. The molecule has 1 aromatic rings. The van der Waals surface area contributed by atoms with Crippen molar-refractivity contribution in [2.45, 2.75) is 0 Å². The first-order valence-electron chi connectivity index (χ1n) is 8.99. The summed E-state index contributed by atoms with van der Waals surface area (Å²) in [7, 11) is 5.25. The largest absolute Gasteiger partial charge is 0.493 e. The zero-order chi connectivity index (χ0) is 20.3. The number of methoxy groups -OCH3 is 2. The number of carbonyl (C=O) groups excluding carboxylic acids is 2. The molecule has 9 heteroatoms. The van der Waals surface area contributed by atoms with E-state index in [9.17, 15) is 9.59 Å². The van der Waals surface area contributed by atoms with Crippen LogP contribution in [0.2, 0.25) is 0 Å². The first-order valence-corrected chi connectivity index (χ1v) is 10.2. The number of benzene rings is 1. The molecular formula is C19H24N3O4S2+. The fourth-order valence-electron chi connectivity index (χ4n) is 3.10. The molecule has 0 spiro atoms. The number of quaternary nitrogens is 1. The number of amides is 2. The van der Waals surface area contributed by atoms with Crippen LogP contribution in [0.1, 0.15) is 5.56 Å². The molecule has 2 aliphatic rings. The summed E-state index contributed by atoms with van der Waals surface area (Å²) in [6, 6.07) is 5.42. The van der Waals surface area contributed by atoms with Gasteiger partial charge in [-0.2, -0.15) is 0 Å². The van der Waals surface area contributed by atoms with Crippen molar-refractivity contribution in [3.8, 4) is 11.5 Å². The molecule has 2 heterocycles. The monoisotopic (exact) mass is 422 g/mol. The number of nitrogens with zero attached hydrogens (tertiary/aromatic N) is 2. The summed E-state index contributed by atoms with van der Waals surface area (Å²) in [4.78, 5) is 30.5. The van der Waals surface area contributed by atoms with Gasteiger partial charge < -0.3 is 19.3 Å². The van der Waals surface area contributed by atoms with Crippen LogP contribution in [0.5, 0.6) is 11.5 Å². The van der Waals surface area contributed by atoms with Gasteiger partial charge in [-0.15, -0.1) is 0 Å². The highest BCUT2D eigenvalue weighted by Crippen LogP contribution is 2.34. The third-order valence-corrected chi connectivity index (χ3v) is 6.22. The number of thioether (sulfide) groups is 1. The smallest absolute Gasteiger partial charge is 0.266 e. The van der Waals surface area contributed by atoms with Gasteiger partial charge in [0.25, 0.3) is 5.91 Å². The summed E-state index contributed by atoms with van der Waals surface area (Å²) < 4.78 is 10.9. The SMILES string of the molecule is COc1ccc(/C=C2\SC(=S)N(CC(=O)N3CC[NH+](C)CC3)C2=O)cc1OC. The van der Waals surface area contributed by atoms with E-state index in [1.54, 1.807) is 32.4 Å². The number of hydrogen-bond donors (Lipinski definition) is 1. The number of nitrogens with one attached hydrogen (secondary N) is 1. The molecular weight excluding hydrogens is 398 g/mol. The van der Waals surface area contributed by atoms with Gasteiger partial charge in [0.1, 0.15) is 10.9 Å². The van der Waals surface area contributed by atoms with E-state index in [-0.39, 0.29) is 18.4 Å². The molecule has 0 atom stereocenters. The maximum atomic E-state index is 12.8. The Hall–Kier alpha value is -2.10. The molecule has 0 aromatic heterocycles. The molecule has 0 bridgehead atoms. The highest BCUT2D eigenvalue weighted by molar-refractivity contribution is 8.26. The number of hydrogen-bond acceptors (Lipinski definition) is 6. The molecule has 28 heavy (non-hydrogen) atoms.